The summed E-state index contributed by atoms with van der Waals surface area (Å²) in [7, 11) is 0. The number of aromatic nitrogens is 10. The molecule has 6 aromatic heterocycles. The fourth-order valence-corrected chi connectivity index (χ4v) is 7.12. The lowest BCUT2D eigenvalue weighted by atomic mass is 10.1. The Kier molecular flexibility index (Phi) is 13.5. The van der Waals surface area contributed by atoms with E-state index in [1.165, 1.54) is 18.2 Å². The van der Waals surface area contributed by atoms with E-state index in [1.807, 2.05) is 64.9 Å². The van der Waals surface area contributed by atoms with Crippen LogP contribution in [-0.4, -0.2) is 83.6 Å². The fraction of sp³-hybridized carbons (Fsp3) is 0.382. The monoisotopic (exact) mass is 821 g/mol. The maximum Gasteiger partial charge on any atom is 0.187 e. The summed E-state index contributed by atoms with van der Waals surface area (Å²) in [6, 6.07) is 7.97. The van der Waals surface area contributed by atoms with Gasteiger partial charge in [-0.25, -0.2) is 34.3 Å². The zero-order valence-corrected chi connectivity index (χ0v) is 31.0. The van der Waals surface area contributed by atoms with E-state index in [9.17, 15) is 0 Å². The van der Waals surface area contributed by atoms with E-state index in [2.05, 4.69) is 63.7 Å². The van der Waals surface area contributed by atoms with E-state index in [-0.39, 0.29) is 28.3 Å². The molecule has 0 saturated carbocycles. The number of hydrogen-bond acceptors (Lipinski definition) is 11. The molecule has 0 bridgehead atoms. The molecule has 2 fully saturated rings. The molecule has 16 heteroatoms. The second-order valence-corrected chi connectivity index (χ2v) is 13.9. The molecule has 259 valence electrons. The number of nitrogens with zero attached hydrogens (tertiary/aromatic N) is 9. The second-order valence-electron chi connectivity index (χ2n) is 11.3. The maximum atomic E-state index is 5.95. The molecule has 8 heterocycles. The van der Waals surface area contributed by atoms with Gasteiger partial charge in [0.05, 0.1) is 17.0 Å². The first-order valence-corrected chi connectivity index (χ1v) is 19.4. The third kappa shape index (κ3) is 8.58. The van der Waals surface area contributed by atoms with Crippen molar-refractivity contribution in [3.05, 3.63) is 65.1 Å². The third-order valence-corrected chi connectivity index (χ3v) is 10.1. The van der Waals surface area contributed by atoms with Crippen LogP contribution in [0.5, 0.6) is 0 Å². The molecule has 6 aromatic rings. The number of H-pyrrole nitrogens is 1. The van der Waals surface area contributed by atoms with Crippen molar-refractivity contribution in [2.24, 2.45) is 0 Å². The summed E-state index contributed by atoms with van der Waals surface area (Å²) in [5.41, 5.74) is 6.45. The Morgan fingerprint density at radius 1 is 0.800 bits per heavy atom. The van der Waals surface area contributed by atoms with E-state index >= 15 is 0 Å². The average Bonchev–Trinajstić information content (AvgIpc) is 3.91. The van der Waals surface area contributed by atoms with Crippen molar-refractivity contribution in [3.8, 4) is 33.8 Å². The van der Waals surface area contributed by atoms with Gasteiger partial charge in [-0.15, -0.1) is 0 Å². The summed E-state index contributed by atoms with van der Waals surface area (Å²) in [6.07, 6.45) is 22.0. The van der Waals surface area contributed by atoms with Crippen molar-refractivity contribution < 1.29 is 9.47 Å². The number of pyridine rings is 1. The summed E-state index contributed by atoms with van der Waals surface area (Å²) < 4.78 is 16.5. The standard InChI is InChI=1S/C20H20N6OS.C13H15IN4OS.CH4.B/c1-28-20-22-8-6-16(24-20)15-12-26(17-4-2-3-9-27-17)25-18(15)14-10-13-5-7-21-19(13)23-11-14;1-20-13-15-6-5-10(16-13)9-8-18(17-12(9)14)11-4-2-3-7-19-11;;/h5-8,10-12,17H,2-4,9H2,1H3,(H,21,23);5-6,8,11H,2-4,7H2,1H3;1H4;. The Balaban J connectivity index is 0.000000197. The lowest BCUT2D eigenvalue weighted by molar-refractivity contribution is -0.0396. The minimum Gasteiger partial charge on any atom is -0.357 e. The molecule has 2 unspecified atom stereocenters. The molecule has 2 atom stereocenters. The van der Waals surface area contributed by atoms with Crippen LogP contribution in [0.4, 0.5) is 0 Å². The van der Waals surface area contributed by atoms with Gasteiger partial charge in [0.2, 0.25) is 0 Å². The lowest BCUT2D eigenvalue weighted by Gasteiger charge is -2.22. The number of ether oxygens (including phenoxy) is 2. The van der Waals surface area contributed by atoms with Gasteiger partial charge < -0.3 is 14.5 Å². The average molecular weight is 822 g/mol. The van der Waals surface area contributed by atoms with Gasteiger partial charge in [-0.1, -0.05) is 31.0 Å². The lowest BCUT2D eigenvalue weighted by Crippen LogP contribution is -2.18. The maximum absolute atomic E-state index is 5.95. The van der Waals surface area contributed by atoms with Crippen LogP contribution in [0.1, 0.15) is 58.4 Å². The normalized spacial score (nSPS) is 17.3. The molecule has 3 radical (unpaired) electrons. The van der Waals surface area contributed by atoms with Gasteiger partial charge in [0.25, 0.3) is 0 Å². The quantitative estimate of drug-likeness (QED) is 0.0729. The van der Waals surface area contributed by atoms with Gasteiger partial charge >= 0.3 is 0 Å². The van der Waals surface area contributed by atoms with Gasteiger partial charge in [-0.2, -0.15) is 10.2 Å². The summed E-state index contributed by atoms with van der Waals surface area (Å²) in [4.78, 5) is 25.4. The van der Waals surface area contributed by atoms with Crippen molar-refractivity contribution in [2.75, 3.05) is 25.7 Å². The molecule has 12 nitrogen and oxygen atoms in total. The predicted octanol–water partition coefficient (Wildman–Crippen LogP) is 7.93. The summed E-state index contributed by atoms with van der Waals surface area (Å²) in [5.74, 6) is 0. The summed E-state index contributed by atoms with van der Waals surface area (Å²) in [5, 5.41) is 12.1. The highest BCUT2D eigenvalue weighted by molar-refractivity contribution is 14.1. The predicted molar refractivity (Wildman–Crippen MR) is 208 cm³/mol. The van der Waals surface area contributed by atoms with Crippen molar-refractivity contribution in [1.29, 1.82) is 0 Å². The van der Waals surface area contributed by atoms with E-state index in [4.69, 9.17) is 14.6 Å². The molecule has 0 aliphatic carbocycles. The zero-order chi connectivity index (χ0) is 32.9. The number of hydrogen-bond donors (Lipinski definition) is 1. The Morgan fingerprint density at radius 2 is 1.40 bits per heavy atom. The van der Waals surface area contributed by atoms with E-state index < -0.39 is 0 Å². The second kappa shape index (κ2) is 17.8. The molecule has 0 amide bonds. The number of halogens is 1. The minimum absolute atomic E-state index is 0. The highest BCUT2D eigenvalue weighted by Crippen LogP contribution is 2.34. The SMILES string of the molecule is C.CSc1nccc(-c2cn(C3CCCCO3)nc2-c2cnc3[nH]ccc3c2)n1.CSc1nccc(-c2cn(C3CCCCO3)nc2I)n1.[B]. The molecule has 2 saturated heterocycles. The highest BCUT2D eigenvalue weighted by Gasteiger charge is 2.23. The van der Waals surface area contributed by atoms with Crippen LogP contribution >= 0.6 is 46.1 Å². The van der Waals surface area contributed by atoms with Crippen LogP contribution in [0, 0.1) is 3.70 Å². The molecular weight excluding hydrogens is 782 g/mol. The Morgan fingerprint density at radius 3 is 2.00 bits per heavy atom. The Labute approximate surface area is 316 Å². The number of rotatable bonds is 7. The van der Waals surface area contributed by atoms with Crippen LogP contribution in [0.15, 0.2) is 71.8 Å². The van der Waals surface area contributed by atoms with Gasteiger partial charge in [0.15, 0.2) is 10.3 Å². The van der Waals surface area contributed by atoms with E-state index in [0.717, 1.165) is 104 Å². The first-order valence-electron chi connectivity index (χ1n) is 15.8. The van der Waals surface area contributed by atoms with Crippen molar-refractivity contribution in [1.82, 2.24) is 49.5 Å². The van der Waals surface area contributed by atoms with E-state index in [1.54, 1.807) is 24.2 Å². The number of fused-ring (bicyclic) bond motifs is 1. The highest BCUT2D eigenvalue weighted by atomic mass is 127. The van der Waals surface area contributed by atoms with E-state index in [0.29, 0.717) is 0 Å². The summed E-state index contributed by atoms with van der Waals surface area (Å²) in [6.45, 7) is 1.59. The van der Waals surface area contributed by atoms with Gasteiger partial charge in [-0.3, -0.25) is 0 Å². The Hall–Kier alpha value is -3.32. The number of aromatic amines is 1. The third-order valence-electron chi connectivity index (χ3n) is 8.18. The van der Waals surface area contributed by atoms with Crippen molar-refractivity contribution in [2.45, 2.75) is 68.7 Å². The van der Waals surface area contributed by atoms with Crippen LogP contribution in [0.2, 0.25) is 0 Å². The number of thioether (sulfide) groups is 2. The molecule has 1 N–H and O–H groups in total. The topological polar surface area (TPSA) is 134 Å². The molecule has 50 heavy (non-hydrogen) atoms. The molecule has 2 aliphatic rings. The summed E-state index contributed by atoms with van der Waals surface area (Å²) >= 11 is 5.32. The number of nitrogens with one attached hydrogen (secondary N) is 1. The zero-order valence-electron chi connectivity index (χ0n) is 27.2. The van der Waals surface area contributed by atoms with Crippen molar-refractivity contribution >= 4 is 65.6 Å². The molecule has 8 rings (SSSR count). The fourth-order valence-electron chi connectivity index (χ4n) is 5.74. The first kappa shape index (κ1) is 37.9. The van der Waals surface area contributed by atoms with Gasteiger partial charge in [0.1, 0.15) is 27.5 Å². The van der Waals surface area contributed by atoms with Crippen LogP contribution in [0.25, 0.3) is 44.8 Å². The van der Waals surface area contributed by atoms with Crippen molar-refractivity contribution in [3.63, 3.8) is 0 Å². The minimum atomic E-state index is -0.0351. The Bertz CT molecular complexity index is 1990. The van der Waals surface area contributed by atoms with Crippen LogP contribution in [0.3, 0.4) is 0 Å². The van der Waals surface area contributed by atoms with Gasteiger partial charge in [0, 0.05) is 75.3 Å². The molecular formula is C34H39BIN10O2S2. The smallest absolute Gasteiger partial charge is 0.187 e. The van der Waals surface area contributed by atoms with Crippen LogP contribution < -0.4 is 0 Å². The molecule has 0 aromatic carbocycles. The first-order chi connectivity index (χ1) is 23.6. The molecule has 0 spiro atoms. The van der Waals surface area contributed by atoms with Crippen LogP contribution in [-0.2, 0) is 9.47 Å². The molecule has 2 aliphatic heterocycles. The van der Waals surface area contributed by atoms with Gasteiger partial charge in [-0.05, 0) is 97.9 Å². The largest absolute Gasteiger partial charge is 0.357 e.